The van der Waals surface area contributed by atoms with Crippen molar-refractivity contribution in [3.05, 3.63) is 62.6 Å². The van der Waals surface area contributed by atoms with Gasteiger partial charge >= 0.3 is 6.03 Å². The lowest BCUT2D eigenvalue weighted by atomic mass is 9.95. The average molecular weight is 409 g/mol. The number of pyridine rings is 1. The van der Waals surface area contributed by atoms with Crippen molar-refractivity contribution >= 4 is 17.6 Å². The van der Waals surface area contributed by atoms with Crippen LogP contribution in [0, 0.1) is 6.92 Å². The fraction of sp³-hybridized carbons (Fsp3) is 0.435. The summed E-state index contributed by atoms with van der Waals surface area (Å²) in [6, 6.07) is 6.91. The fourth-order valence-corrected chi connectivity index (χ4v) is 4.29. The molecule has 3 amide bonds. The second-order valence-electron chi connectivity index (χ2n) is 8.14. The van der Waals surface area contributed by atoms with Gasteiger partial charge in [0.25, 0.3) is 11.5 Å². The molecule has 0 atom stereocenters. The fourth-order valence-electron chi connectivity index (χ4n) is 4.29. The van der Waals surface area contributed by atoms with Crippen LogP contribution in [-0.4, -0.2) is 34.9 Å². The first-order valence-electron chi connectivity index (χ1n) is 10.7. The second-order valence-corrected chi connectivity index (χ2v) is 8.14. The van der Waals surface area contributed by atoms with E-state index in [1.165, 1.54) is 0 Å². The number of aromatic nitrogens is 1. The van der Waals surface area contributed by atoms with E-state index in [1.54, 1.807) is 6.07 Å². The number of aryl methyl sites for hydroxylation is 3. The van der Waals surface area contributed by atoms with Crippen LogP contribution >= 0.6 is 0 Å². The van der Waals surface area contributed by atoms with Gasteiger partial charge in [0.05, 0.1) is 11.3 Å². The third-order valence-corrected chi connectivity index (χ3v) is 5.99. The molecule has 0 bridgehead atoms. The van der Waals surface area contributed by atoms with Crippen LogP contribution in [0.2, 0.25) is 0 Å². The number of aromatic amines is 1. The van der Waals surface area contributed by atoms with Gasteiger partial charge in [0.2, 0.25) is 0 Å². The number of hydrogen-bond donors (Lipinski definition) is 3. The monoisotopic (exact) mass is 408 g/mol. The molecule has 1 aromatic heterocycles. The lowest BCUT2D eigenvalue weighted by Gasteiger charge is -2.19. The summed E-state index contributed by atoms with van der Waals surface area (Å²) in [5.74, 6) is -0.0577. The zero-order chi connectivity index (χ0) is 21.1. The molecule has 0 unspecified atom stereocenters. The normalized spacial score (nSPS) is 15.6. The first-order valence-corrected chi connectivity index (χ1v) is 10.7. The molecular formula is C23H28N4O3. The van der Waals surface area contributed by atoms with Crippen LogP contribution in [0.1, 0.15) is 58.4 Å². The number of nitrogens with zero attached hydrogens (tertiary/aromatic N) is 1. The van der Waals surface area contributed by atoms with Crippen LogP contribution in [0.25, 0.3) is 0 Å². The first kappa shape index (κ1) is 20.2. The highest BCUT2D eigenvalue weighted by molar-refractivity contribution is 6.04. The number of urea groups is 1. The van der Waals surface area contributed by atoms with Gasteiger partial charge < -0.3 is 20.5 Å². The molecule has 0 spiro atoms. The number of benzene rings is 1. The predicted octanol–water partition coefficient (Wildman–Crippen LogP) is 3.12. The van der Waals surface area contributed by atoms with Crippen molar-refractivity contribution in [2.75, 3.05) is 18.4 Å². The van der Waals surface area contributed by atoms with E-state index in [-0.39, 0.29) is 18.0 Å². The van der Waals surface area contributed by atoms with E-state index in [0.717, 1.165) is 68.4 Å². The minimum atomic E-state index is -0.433. The van der Waals surface area contributed by atoms with E-state index < -0.39 is 6.03 Å². The maximum atomic E-state index is 12.9. The number of H-pyrrole nitrogens is 1. The van der Waals surface area contributed by atoms with Gasteiger partial charge in [-0.15, -0.1) is 0 Å². The number of likely N-dealkylation sites (tertiary alicyclic amines) is 1. The molecule has 1 fully saturated rings. The van der Waals surface area contributed by atoms with Crippen molar-refractivity contribution in [2.24, 2.45) is 0 Å². The molecule has 1 aliphatic carbocycles. The summed E-state index contributed by atoms with van der Waals surface area (Å²) in [4.78, 5) is 42.6. The van der Waals surface area contributed by atoms with Crippen LogP contribution in [-0.2, 0) is 19.4 Å². The second kappa shape index (κ2) is 8.73. The summed E-state index contributed by atoms with van der Waals surface area (Å²) in [6.07, 6.45) is 6.09. The summed E-state index contributed by atoms with van der Waals surface area (Å²) >= 11 is 0. The Hall–Kier alpha value is -3.09. The van der Waals surface area contributed by atoms with Gasteiger partial charge in [-0.05, 0) is 68.7 Å². The zero-order valence-electron chi connectivity index (χ0n) is 17.3. The Bertz CT molecular complexity index is 1020. The minimum Gasteiger partial charge on any atom is -0.339 e. The molecule has 2 aromatic rings. The molecule has 1 aliphatic heterocycles. The summed E-state index contributed by atoms with van der Waals surface area (Å²) in [5, 5.41) is 5.59. The van der Waals surface area contributed by atoms with Crippen LogP contribution in [0.3, 0.4) is 0 Å². The Morgan fingerprint density at radius 1 is 1.10 bits per heavy atom. The van der Waals surface area contributed by atoms with Crippen LogP contribution < -0.4 is 16.2 Å². The number of rotatable bonds is 4. The van der Waals surface area contributed by atoms with E-state index in [9.17, 15) is 14.4 Å². The number of carbonyl (C=O) groups excluding carboxylic acids is 2. The number of nitrogens with one attached hydrogen (secondary N) is 3. The van der Waals surface area contributed by atoms with Crippen molar-refractivity contribution in [1.29, 1.82) is 0 Å². The molecule has 158 valence electrons. The summed E-state index contributed by atoms with van der Waals surface area (Å²) in [7, 11) is 0. The average Bonchev–Trinajstić information content (AvgIpc) is 3.28. The van der Waals surface area contributed by atoms with Crippen molar-refractivity contribution < 1.29 is 9.59 Å². The standard InChI is InChI=1S/C23H28N4O3/c1-15-7-6-9-18(22(29)27-11-4-5-12-27)20(15)26-23(30)24-14-17-13-16-8-2-3-10-19(16)25-21(17)28/h6-7,9,13H,2-5,8,10-12,14H2,1H3,(H,25,28)(H2,24,26,30). The molecular weight excluding hydrogens is 380 g/mol. The SMILES string of the molecule is Cc1cccc(C(=O)N2CCCC2)c1NC(=O)NCc1cc2c([nH]c1=O)CCCC2. The molecule has 30 heavy (non-hydrogen) atoms. The van der Waals surface area contributed by atoms with E-state index in [1.807, 2.05) is 30.0 Å². The van der Waals surface area contributed by atoms with E-state index in [2.05, 4.69) is 15.6 Å². The number of anilines is 1. The van der Waals surface area contributed by atoms with Gasteiger partial charge in [0, 0.05) is 30.9 Å². The maximum absolute atomic E-state index is 12.9. The lowest BCUT2D eigenvalue weighted by Crippen LogP contribution is -2.33. The Morgan fingerprint density at radius 3 is 2.67 bits per heavy atom. The van der Waals surface area contributed by atoms with Gasteiger partial charge in [-0.2, -0.15) is 0 Å². The van der Waals surface area contributed by atoms with Crippen molar-refractivity contribution in [3.63, 3.8) is 0 Å². The lowest BCUT2D eigenvalue weighted by molar-refractivity contribution is 0.0793. The van der Waals surface area contributed by atoms with E-state index >= 15 is 0 Å². The Balaban J connectivity index is 1.46. The Morgan fingerprint density at radius 2 is 1.87 bits per heavy atom. The zero-order valence-corrected chi connectivity index (χ0v) is 17.3. The van der Waals surface area contributed by atoms with Crippen molar-refractivity contribution in [2.45, 2.75) is 52.0 Å². The molecule has 2 heterocycles. The highest BCUT2D eigenvalue weighted by Gasteiger charge is 2.23. The number of para-hydroxylation sites is 1. The minimum absolute atomic E-state index is 0.0577. The van der Waals surface area contributed by atoms with Crippen molar-refractivity contribution in [1.82, 2.24) is 15.2 Å². The van der Waals surface area contributed by atoms with E-state index in [4.69, 9.17) is 0 Å². The molecule has 7 nitrogen and oxygen atoms in total. The molecule has 1 saturated heterocycles. The van der Waals surface area contributed by atoms with Crippen LogP contribution in [0.5, 0.6) is 0 Å². The van der Waals surface area contributed by atoms with Crippen molar-refractivity contribution in [3.8, 4) is 0 Å². The van der Waals surface area contributed by atoms with Gasteiger partial charge in [-0.25, -0.2) is 4.79 Å². The molecule has 3 N–H and O–H groups in total. The molecule has 1 aromatic carbocycles. The first-order chi connectivity index (χ1) is 14.5. The number of hydrogen-bond acceptors (Lipinski definition) is 3. The quantitative estimate of drug-likeness (QED) is 0.725. The van der Waals surface area contributed by atoms with E-state index in [0.29, 0.717) is 16.8 Å². The Labute approximate surface area is 175 Å². The molecule has 4 rings (SSSR count). The summed E-state index contributed by atoms with van der Waals surface area (Å²) in [5.41, 5.74) is 4.41. The van der Waals surface area contributed by atoms with Crippen LogP contribution in [0.4, 0.5) is 10.5 Å². The maximum Gasteiger partial charge on any atom is 0.319 e. The highest BCUT2D eigenvalue weighted by atomic mass is 16.2. The summed E-state index contributed by atoms with van der Waals surface area (Å²) < 4.78 is 0. The molecule has 7 heteroatoms. The highest BCUT2D eigenvalue weighted by Crippen LogP contribution is 2.24. The topological polar surface area (TPSA) is 94.3 Å². The van der Waals surface area contributed by atoms with Crippen LogP contribution in [0.15, 0.2) is 29.1 Å². The third kappa shape index (κ3) is 4.25. The van der Waals surface area contributed by atoms with Gasteiger partial charge in [0.15, 0.2) is 0 Å². The summed E-state index contributed by atoms with van der Waals surface area (Å²) in [6.45, 7) is 3.50. The third-order valence-electron chi connectivity index (χ3n) is 5.99. The van der Waals surface area contributed by atoms with Gasteiger partial charge in [-0.1, -0.05) is 12.1 Å². The predicted molar refractivity (Wildman–Crippen MR) is 116 cm³/mol. The number of carbonyl (C=O) groups is 2. The van der Waals surface area contributed by atoms with Gasteiger partial charge in [-0.3, -0.25) is 9.59 Å². The smallest absolute Gasteiger partial charge is 0.319 e. The van der Waals surface area contributed by atoms with Gasteiger partial charge in [0.1, 0.15) is 0 Å². The number of amides is 3. The Kier molecular flexibility index (Phi) is 5.88. The molecule has 2 aliphatic rings. The molecule has 0 saturated carbocycles. The molecule has 0 radical (unpaired) electrons. The largest absolute Gasteiger partial charge is 0.339 e. The number of fused-ring (bicyclic) bond motifs is 1.